The largest absolute Gasteiger partial charge is 0.356 e. The SMILES string of the molecule is CCCCC(=O)N1CCC(C(=O)NCCc2ccc(Cl)cc2Cl)CC1. The molecule has 2 amide bonds. The van der Waals surface area contributed by atoms with Crippen molar-refractivity contribution in [1.29, 1.82) is 0 Å². The van der Waals surface area contributed by atoms with Crippen molar-refractivity contribution < 1.29 is 9.59 Å². The zero-order valence-electron chi connectivity index (χ0n) is 14.7. The Bertz CT molecular complexity index is 599. The molecule has 25 heavy (non-hydrogen) atoms. The molecular weight excluding hydrogens is 359 g/mol. The van der Waals surface area contributed by atoms with Crippen LogP contribution in [-0.4, -0.2) is 36.3 Å². The van der Waals surface area contributed by atoms with Gasteiger partial charge in [-0.15, -0.1) is 0 Å². The highest BCUT2D eigenvalue weighted by atomic mass is 35.5. The molecule has 0 unspecified atom stereocenters. The van der Waals surface area contributed by atoms with Crippen LogP contribution in [-0.2, 0) is 16.0 Å². The summed E-state index contributed by atoms with van der Waals surface area (Å²) in [5.74, 6) is 0.291. The molecule has 1 heterocycles. The third-order valence-electron chi connectivity index (χ3n) is 4.67. The van der Waals surface area contributed by atoms with Gasteiger partial charge in [0, 0.05) is 42.0 Å². The molecule has 1 saturated heterocycles. The molecule has 0 aliphatic carbocycles. The second-order valence-electron chi connectivity index (χ2n) is 6.54. The van der Waals surface area contributed by atoms with Crippen molar-refractivity contribution in [3.05, 3.63) is 33.8 Å². The molecule has 0 bridgehead atoms. The summed E-state index contributed by atoms with van der Waals surface area (Å²) in [5, 5.41) is 4.22. The first-order valence-corrected chi connectivity index (χ1v) is 9.76. The van der Waals surface area contributed by atoms with E-state index >= 15 is 0 Å². The number of rotatable bonds is 7. The Balaban J connectivity index is 1.71. The van der Waals surface area contributed by atoms with E-state index in [1.54, 1.807) is 12.1 Å². The van der Waals surface area contributed by atoms with Gasteiger partial charge in [-0.1, -0.05) is 42.6 Å². The van der Waals surface area contributed by atoms with Crippen LogP contribution < -0.4 is 5.32 Å². The maximum Gasteiger partial charge on any atom is 0.223 e. The van der Waals surface area contributed by atoms with E-state index in [1.807, 2.05) is 11.0 Å². The fourth-order valence-electron chi connectivity index (χ4n) is 3.07. The third kappa shape index (κ3) is 6.19. The summed E-state index contributed by atoms with van der Waals surface area (Å²) in [7, 11) is 0. The van der Waals surface area contributed by atoms with Crippen molar-refractivity contribution in [2.24, 2.45) is 5.92 Å². The number of piperidine rings is 1. The van der Waals surface area contributed by atoms with E-state index in [4.69, 9.17) is 23.2 Å². The molecule has 0 radical (unpaired) electrons. The minimum Gasteiger partial charge on any atom is -0.356 e. The number of hydrogen-bond acceptors (Lipinski definition) is 2. The fourth-order valence-corrected chi connectivity index (χ4v) is 3.57. The van der Waals surface area contributed by atoms with Gasteiger partial charge in [0.05, 0.1) is 0 Å². The van der Waals surface area contributed by atoms with E-state index in [-0.39, 0.29) is 17.7 Å². The summed E-state index contributed by atoms with van der Waals surface area (Å²) >= 11 is 12.0. The highest BCUT2D eigenvalue weighted by molar-refractivity contribution is 6.35. The Morgan fingerprint density at radius 2 is 1.96 bits per heavy atom. The van der Waals surface area contributed by atoms with Gasteiger partial charge in [-0.3, -0.25) is 9.59 Å². The highest BCUT2D eigenvalue weighted by Gasteiger charge is 2.26. The molecule has 1 fully saturated rings. The quantitative estimate of drug-likeness (QED) is 0.769. The van der Waals surface area contributed by atoms with Crippen LogP contribution >= 0.6 is 23.2 Å². The monoisotopic (exact) mass is 384 g/mol. The number of carbonyl (C=O) groups is 2. The van der Waals surface area contributed by atoms with Gasteiger partial charge in [-0.25, -0.2) is 0 Å². The number of carbonyl (C=O) groups excluding carboxylic acids is 2. The normalized spacial score (nSPS) is 15.2. The predicted octanol–water partition coefficient (Wildman–Crippen LogP) is 4.08. The predicted molar refractivity (Wildman–Crippen MR) is 102 cm³/mol. The summed E-state index contributed by atoms with van der Waals surface area (Å²) in [6, 6.07) is 5.40. The van der Waals surface area contributed by atoms with Gasteiger partial charge in [0.1, 0.15) is 0 Å². The van der Waals surface area contributed by atoms with Crippen molar-refractivity contribution in [1.82, 2.24) is 10.2 Å². The number of halogens is 2. The summed E-state index contributed by atoms with van der Waals surface area (Å²) in [4.78, 5) is 26.2. The topological polar surface area (TPSA) is 49.4 Å². The molecule has 0 saturated carbocycles. The van der Waals surface area contributed by atoms with Crippen LogP contribution in [0.15, 0.2) is 18.2 Å². The lowest BCUT2D eigenvalue weighted by Gasteiger charge is -2.31. The fraction of sp³-hybridized carbons (Fsp3) is 0.579. The first kappa shape index (κ1) is 20.1. The Labute approximate surface area is 159 Å². The van der Waals surface area contributed by atoms with Crippen LogP contribution in [0, 0.1) is 5.92 Å². The molecule has 1 aliphatic rings. The lowest BCUT2D eigenvalue weighted by molar-refractivity contribution is -0.135. The number of nitrogens with zero attached hydrogens (tertiary/aromatic N) is 1. The number of nitrogens with one attached hydrogen (secondary N) is 1. The molecule has 0 atom stereocenters. The van der Waals surface area contributed by atoms with Crippen LogP contribution in [0.3, 0.4) is 0 Å². The Hall–Kier alpha value is -1.26. The molecule has 2 rings (SSSR count). The van der Waals surface area contributed by atoms with Crippen LogP contribution in [0.25, 0.3) is 0 Å². The van der Waals surface area contributed by atoms with Crippen molar-refractivity contribution in [3.63, 3.8) is 0 Å². The van der Waals surface area contributed by atoms with Crippen molar-refractivity contribution >= 4 is 35.0 Å². The van der Waals surface area contributed by atoms with Crippen molar-refractivity contribution in [2.45, 2.75) is 45.4 Å². The maximum atomic E-state index is 12.3. The molecule has 6 heteroatoms. The molecule has 0 aromatic heterocycles. The Morgan fingerprint density at radius 3 is 2.60 bits per heavy atom. The van der Waals surface area contributed by atoms with E-state index in [0.717, 1.165) is 31.2 Å². The van der Waals surface area contributed by atoms with Gasteiger partial charge in [-0.2, -0.15) is 0 Å². The molecular formula is C19H26Cl2N2O2. The minimum absolute atomic E-state index is 0.00378. The molecule has 1 aromatic carbocycles. The van der Waals surface area contributed by atoms with Gasteiger partial charge in [0.15, 0.2) is 0 Å². The first-order chi connectivity index (χ1) is 12.0. The molecule has 1 aliphatic heterocycles. The minimum atomic E-state index is -0.00378. The number of hydrogen-bond donors (Lipinski definition) is 1. The molecule has 0 spiro atoms. The van der Waals surface area contributed by atoms with Gasteiger partial charge in [-0.05, 0) is 43.4 Å². The summed E-state index contributed by atoms with van der Waals surface area (Å²) in [6.45, 7) is 4.00. The zero-order valence-corrected chi connectivity index (χ0v) is 16.2. The second-order valence-corrected chi connectivity index (χ2v) is 7.38. The number of unbranched alkanes of at least 4 members (excludes halogenated alkanes) is 1. The maximum absolute atomic E-state index is 12.3. The van der Waals surface area contributed by atoms with Crippen LogP contribution in [0.2, 0.25) is 10.0 Å². The molecule has 138 valence electrons. The zero-order chi connectivity index (χ0) is 18.2. The van der Waals surface area contributed by atoms with Gasteiger partial charge in [0.2, 0.25) is 11.8 Å². The van der Waals surface area contributed by atoms with Crippen LogP contribution in [0.5, 0.6) is 0 Å². The summed E-state index contributed by atoms with van der Waals surface area (Å²) in [6.07, 6.45) is 4.75. The lowest BCUT2D eigenvalue weighted by Crippen LogP contribution is -2.43. The number of amides is 2. The van der Waals surface area contributed by atoms with E-state index in [2.05, 4.69) is 12.2 Å². The molecule has 1 N–H and O–H groups in total. The molecule has 4 nitrogen and oxygen atoms in total. The van der Waals surface area contributed by atoms with E-state index in [1.165, 1.54) is 0 Å². The average Bonchev–Trinajstić information content (AvgIpc) is 2.61. The van der Waals surface area contributed by atoms with E-state index in [9.17, 15) is 9.59 Å². The first-order valence-electron chi connectivity index (χ1n) is 9.00. The van der Waals surface area contributed by atoms with Crippen LogP contribution in [0.4, 0.5) is 0 Å². The smallest absolute Gasteiger partial charge is 0.223 e. The number of likely N-dealkylation sites (tertiary alicyclic amines) is 1. The highest BCUT2D eigenvalue weighted by Crippen LogP contribution is 2.21. The average molecular weight is 385 g/mol. The number of benzene rings is 1. The Morgan fingerprint density at radius 1 is 1.24 bits per heavy atom. The van der Waals surface area contributed by atoms with E-state index in [0.29, 0.717) is 42.5 Å². The summed E-state index contributed by atoms with van der Waals surface area (Å²) < 4.78 is 0. The third-order valence-corrected chi connectivity index (χ3v) is 5.26. The van der Waals surface area contributed by atoms with E-state index < -0.39 is 0 Å². The van der Waals surface area contributed by atoms with Gasteiger partial charge in [0.25, 0.3) is 0 Å². The molecule has 1 aromatic rings. The van der Waals surface area contributed by atoms with Crippen molar-refractivity contribution in [2.75, 3.05) is 19.6 Å². The van der Waals surface area contributed by atoms with Crippen LogP contribution in [0.1, 0.15) is 44.6 Å². The van der Waals surface area contributed by atoms with Gasteiger partial charge < -0.3 is 10.2 Å². The second kappa shape index (κ2) is 10.0. The Kier molecular flexibility index (Phi) is 8.04. The standard InChI is InChI=1S/C19H26Cl2N2O2/c1-2-3-4-18(24)23-11-8-15(9-12-23)19(25)22-10-7-14-5-6-16(20)13-17(14)21/h5-6,13,15H,2-4,7-12H2,1H3,(H,22,25). The summed E-state index contributed by atoms with van der Waals surface area (Å²) in [5.41, 5.74) is 0.975. The lowest BCUT2D eigenvalue weighted by atomic mass is 9.95. The van der Waals surface area contributed by atoms with Crippen molar-refractivity contribution in [3.8, 4) is 0 Å². The van der Waals surface area contributed by atoms with Gasteiger partial charge >= 0.3 is 0 Å².